The van der Waals surface area contributed by atoms with Crippen LogP contribution in [0.1, 0.15) is 13.3 Å². The Hall–Kier alpha value is -0.550. The van der Waals surface area contributed by atoms with E-state index in [1.54, 1.807) is 12.1 Å². The highest BCUT2D eigenvalue weighted by atomic mass is 79.9. The molecule has 4 nitrogen and oxygen atoms in total. The highest BCUT2D eigenvalue weighted by molar-refractivity contribution is 9.11. The second-order valence-corrected chi connectivity index (χ2v) is 7.44. The van der Waals surface area contributed by atoms with Gasteiger partial charge in [0.15, 0.2) is 0 Å². The summed E-state index contributed by atoms with van der Waals surface area (Å²) in [5, 5.41) is 0. The standard InChI is InChI=1S/C12H14Br2N2O2S/c1-3-5-16(6-4-2)19(17,18)12-10(13)7-9(15)8-11(12)14/h1,7-8H,4-6,15H2,2H3. The molecule has 0 saturated heterocycles. The summed E-state index contributed by atoms with van der Waals surface area (Å²) in [7, 11) is -3.66. The van der Waals surface area contributed by atoms with E-state index in [9.17, 15) is 8.42 Å². The second-order valence-electron chi connectivity index (χ2n) is 3.86. The summed E-state index contributed by atoms with van der Waals surface area (Å²) in [6, 6.07) is 3.11. The minimum atomic E-state index is -3.66. The number of sulfonamides is 1. The van der Waals surface area contributed by atoms with Gasteiger partial charge in [0, 0.05) is 21.2 Å². The number of halogens is 2. The van der Waals surface area contributed by atoms with Gasteiger partial charge in [-0.05, 0) is 50.4 Å². The molecule has 19 heavy (non-hydrogen) atoms. The average molecular weight is 410 g/mol. The summed E-state index contributed by atoms with van der Waals surface area (Å²) < 4.78 is 27.3. The molecule has 0 fully saturated rings. The monoisotopic (exact) mass is 408 g/mol. The lowest BCUT2D eigenvalue weighted by Gasteiger charge is -2.21. The first-order valence-corrected chi connectivity index (χ1v) is 8.55. The number of hydrogen-bond donors (Lipinski definition) is 1. The second kappa shape index (κ2) is 6.75. The number of nitrogens with zero attached hydrogens (tertiary/aromatic N) is 1. The molecule has 0 aliphatic rings. The van der Waals surface area contributed by atoms with Gasteiger partial charge in [-0.1, -0.05) is 12.8 Å². The fraction of sp³-hybridized carbons (Fsp3) is 0.333. The van der Waals surface area contributed by atoms with E-state index < -0.39 is 10.0 Å². The van der Waals surface area contributed by atoms with Crippen LogP contribution in [0.5, 0.6) is 0 Å². The van der Waals surface area contributed by atoms with E-state index in [0.717, 1.165) is 0 Å². The number of rotatable bonds is 5. The Labute approximate surface area is 130 Å². The van der Waals surface area contributed by atoms with Crippen molar-refractivity contribution in [2.45, 2.75) is 18.2 Å². The summed E-state index contributed by atoms with van der Waals surface area (Å²) in [5.74, 6) is 2.37. The third kappa shape index (κ3) is 3.72. The molecule has 0 amide bonds. The van der Waals surface area contributed by atoms with Gasteiger partial charge in [0.2, 0.25) is 10.0 Å². The Kier molecular flexibility index (Phi) is 5.86. The lowest BCUT2D eigenvalue weighted by molar-refractivity contribution is 0.445. The molecule has 104 valence electrons. The number of terminal acetylenes is 1. The third-order valence-electron chi connectivity index (χ3n) is 2.36. The average Bonchev–Trinajstić information content (AvgIpc) is 2.26. The van der Waals surface area contributed by atoms with Gasteiger partial charge in [0.25, 0.3) is 0 Å². The summed E-state index contributed by atoms with van der Waals surface area (Å²) in [6.07, 6.45) is 5.92. The Morgan fingerprint density at radius 3 is 2.32 bits per heavy atom. The van der Waals surface area contributed by atoms with Crippen molar-refractivity contribution in [2.24, 2.45) is 0 Å². The lowest BCUT2D eigenvalue weighted by Crippen LogP contribution is -2.32. The minimum Gasteiger partial charge on any atom is -0.399 e. The molecule has 7 heteroatoms. The van der Waals surface area contributed by atoms with Crippen molar-refractivity contribution in [3.8, 4) is 12.3 Å². The van der Waals surface area contributed by atoms with E-state index in [-0.39, 0.29) is 11.4 Å². The van der Waals surface area contributed by atoms with E-state index >= 15 is 0 Å². The molecule has 0 unspecified atom stereocenters. The summed E-state index contributed by atoms with van der Waals surface area (Å²) in [6.45, 7) is 2.31. The van der Waals surface area contributed by atoms with Gasteiger partial charge < -0.3 is 5.73 Å². The van der Waals surface area contributed by atoms with Crippen LogP contribution in [0.2, 0.25) is 0 Å². The summed E-state index contributed by atoms with van der Waals surface area (Å²) in [5.41, 5.74) is 6.13. The zero-order valence-corrected chi connectivity index (χ0v) is 14.3. The van der Waals surface area contributed by atoms with Crippen molar-refractivity contribution in [2.75, 3.05) is 18.8 Å². The van der Waals surface area contributed by atoms with E-state index in [2.05, 4.69) is 37.8 Å². The van der Waals surface area contributed by atoms with Crippen molar-refractivity contribution in [3.63, 3.8) is 0 Å². The quantitative estimate of drug-likeness (QED) is 0.600. The lowest BCUT2D eigenvalue weighted by atomic mass is 10.3. The smallest absolute Gasteiger partial charge is 0.246 e. The van der Waals surface area contributed by atoms with Crippen LogP contribution < -0.4 is 5.73 Å². The van der Waals surface area contributed by atoms with Gasteiger partial charge in [-0.15, -0.1) is 6.42 Å². The molecule has 0 heterocycles. The van der Waals surface area contributed by atoms with Crippen molar-refractivity contribution >= 4 is 47.6 Å². The van der Waals surface area contributed by atoms with E-state index in [1.165, 1.54) is 4.31 Å². The van der Waals surface area contributed by atoms with Crippen molar-refractivity contribution in [3.05, 3.63) is 21.1 Å². The van der Waals surface area contributed by atoms with E-state index in [0.29, 0.717) is 27.6 Å². The number of benzene rings is 1. The van der Waals surface area contributed by atoms with Crippen molar-refractivity contribution < 1.29 is 8.42 Å². The molecule has 0 atom stereocenters. The highest BCUT2D eigenvalue weighted by Gasteiger charge is 2.28. The number of nitrogens with two attached hydrogens (primary N) is 1. The molecule has 1 aromatic rings. The molecule has 0 aromatic heterocycles. The molecule has 2 N–H and O–H groups in total. The molecule has 0 bridgehead atoms. The van der Waals surface area contributed by atoms with E-state index in [4.69, 9.17) is 12.2 Å². The fourth-order valence-electron chi connectivity index (χ4n) is 1.59. The zero-order chi connectivity index (χ0) is 14.6. The van der Waals surface area contributed by atoms with Gasteiger partial charge in [-0.3, -0.25) is 0 Å². The number of hydrogen-bond acceptors (Lipinski definition) is 3. The molecular weight excluding hydrogens is 396 g/mol. The number of anilines is 1. The predicted molar refractivity (Wildman–Crippen MR) is 84.1 cm³/mol. The molecule has 1 aromatic carbocycles. The maximum Gasteiger partial charge on any atom is 0.246 e. The Balaban J connectivity index is 3.38. The molecule has 0 aliphatic heterocycles. The van der Waals surface area contributed by atoms with Crippen LogP contribution in [-0.4, -0.2) is 25.8 Å². The maximum absolute atomic E-state index is 12.6. The molecular formula is C12H14Br2N2O2S. The van der Waals surface area contributed by atoms with Crippen LogP contribution in [0.4, 0.5) is 5.69 Å². The first-order chi connectivity index (χ1) is 8.84. The third-order valence-corrected chi connectivity index (χ3v) is 6.08. The zero-order valence-electron chi connectivity index (χ0n) is 10.4. The normalized spacial score (nSPS) is 11.5. The van der Waals surface area contributed by atoms with Gasteiger partial charge in [-0.25, -0.2) is 8.42 Å². The largest absolute Gasteiger partial charge is 0.399 e. The number of nitrogen functional groups attached to an aromatic ring is 1. The van der Waals surface area contributed by atoms with Crippen LogP contribution >= 0.6 is 31.9 Å². The van der Waals surface area contributed by atoms with Crippen LogP contribution in [0.3, 0.4) is 0 Å². The molecule has 0 radical (unpaired) electrons. The van der Waals surface area contributed by atoms with Gasteiger partial charge >= 0.3 is 0 Å². The van der Waals surface area contributed by atoms with Crippen molar-refractivity contribution in [1.82, 2.24) is 4.31 Å². The van der Waals surface area contributed by atoms with Gasteiger partial charge in [0.1, 0.15) is 4.90 Å². The van der Waals surface area contributed by atoms with Gasteiger partial charge in [-0.2, -0.15) is 4.31 Å². The maximum atomic E-state index is 12.6. The highest BCUT2D eigenvalue weighted by Crippen LogP contribution is 2.34. The first-order valence-electron chi connectivity index (χ1n) is 5.52. The minimum absolute atomic E-state index is 0.0411. The fourth-order valence-corrected chi connectivity index (χ4v) is 5.58. The van der Waals surface area contributed by atoms with E-state index in [1.807, 2.05) is 6.92 Å². The Morgan fingerprint density at radius 2 is 1.89 bits per heavy atom. The molecule has 1 rings (SSSR count). The Morgan fingerprint density at radius 1 is 1.37 bits per heavy atom. The molecule has 0 spiro atoms. The van der Waals surface area contributed by atoms with Crippen LogP contribution in [0.15, 0.2) is 26.0 Å². The van der Waals surface area contributed by atoms with Crippen LogP contribution in [0.25, 0.3) is 0 Å². The summed E-state index contributed by atoms with van der Waals surface area (Å²) >= 11 is 6.47. The SMILES string of the molecule is C#CCN(CCC)S(=O)(=O)c1c(Br)cc(N)cc1Br. The topological polar surface area (TPSA) is 63.4 Å². The molecule has 0 saturated carbocycles. The molecule has 0 aliphatic carbocycles. The first kappa shape index (κ1) is 16.5. The Bertz CT molecular complexity index is 586. The van der Waals surface area contributed by atoms with Crippen LogP contribution in [-0.2, 0) is 10.0 Å². The predicted octanol–water partition coefficient (Wildman–Crippen LogP) is 2.83. The summed E-state index contributed by atoms with van der Waals surface area (Å²) in [4.78, 5) is 0.144. The van der Waals surface area contributed by atoms with Gasteiger partial charge in [0.05, 0.1) is 6.54 Å². The van der Waals surface area contributed by atoms with Crippen molar-refractivity contribution in [1.29, 1.82) is 0 Å². The van der Waals surface area contributed by atoms with Crippen LogP contribution in [0, 0.1) is 12.3 Å².